The van der Waals surface area contributed by atoms with E-state index in [4.69, 9.17) is 27.9 Å². The molecule has 1 N–H and O–H groups in total. The van der Waals surface area contributed by atoms with Gasteiger partial charge in [-0.05, 0) is 47.7 Å². The Hall–Kier alpha value is -2.08. The monoisotopic (exact) mass is 448 g/mol. The summed E-state index contributed by atoms with van der Waals surface area (Å²) in [5.74, 6) is 0.822. The number of halogens is 2. The molecule has 3 aromatic rings. The first-order valence-corrected chi connectivity index (χ1v) is 10.8. The Morgan fingerprint density at radius 1 is 1.17 bits per heavy atom. The van der Waals surface area contributed by atoms with Crippen LogP contribution in [-0.4, -0.2) is 17.5 Å². The lowest BCUT2D eigenvalue weighted by Gasteiger charge is -2.14. The fraction of sp³-hybridized carbons (Fsp3) is 0.273. The van der Waals surface area contributed by atoms with Crippen molar-refractivity contribution in [2.24, 2.45) is 0 Å². The molecule has 1 heterocycles. The highest BCUT2D eigenvalue weighted by atomic mass is 35.5. The van der Waals surface area contributed by atoms with Crippen molar-refractivity contribution in [1.82, 2.24) is 4.98 Å². The second-order valence-electron chi connectivity index (χ2n) is 7.09. The van der Waals surface area contributed by atoms with Gasteiger partial charge in [0.25, 0.3) is 5.91 Å². The van der Waals surface area contributed by atoms with Gasteiger partial charge in [0, 0.05) is 17.5 Å². The van der Waals surface area contributed by atoms with E-state index in [2.05, 4.69) is 24.1 Å². The maximum absolute atomic E-state index is 12.3. The number of hydrogen-bond donors (Lipinski definition) is 1. The zero-order chi connectivity index (χ0) is 21.0. The molecule has 7 heteroatoms. The van der Waals surface area contributed by atoms with Crippen molar-refractivity contribution < 1.29 is 9.53 Å². The van der Waals surface area contributed by atoms with Gasteiger partial charge in [-0.25, -0.2) is 4.98 Å². The van der Waals surface area contributed by atoms with Crippen molar-refractivity contribution in [3.05, 3.63) is 74.2 Å². The van der Waals surface area contributed by atoms with Crippen LogP contribution in [0.4, 0.5) is 5.13 Å². The van der Waals surface area contributed by atoms with Crippen LogP contribution < -0.4 is 10.1 Å². The summed E-state index contributed by atoms with van der Waals surface area (Å²) in [7, 11) is 0. The Bertz CT molecular complexity index is 1020. The fourth-order valence-corrected chi connectivity index (χ4v) is 4.02. The van der Waals surface area contributed by atoms with E-state index in [1.165, 1.54) is 11.3 Å². The number of benzene rings is 2. The number of anilines is 1. The van der Waals surface area contributed by atoms with Gasteiger partial charge in [-0.15, -0.1) is 11.3 Å². The SMILES string of the molecule is Cc1ccc(C(C)C)c(OCC(=O)Nc2ncc(Cc3ccc(Cl)c(Cl)c3)s2)c1. The topological polar surface area (TPSA) is 51.2 Å². The largest absolute Gasteiger partial charge is 0.483 e. The lowest BCUT2D eigenvalue weighted by Crippen LogP contribution is -2.20. The van der Waals surface area contributed by atoms with Crippen LogP contribution in [0.2, 0.25) is 10.0 Å². The highest BCUT2D eigenvalue weighted by Gasteiger charge is 2.12. The molecule has 0 aliphatic heterocycles. The van der Waals surface area contributed by atoms with Crippen molar-refractivity contribution in [3.63, 3.8) is 0 Å². The van der Waals surface area contributed by atoms with E-state index >= 15 is 0 Å². The molecule has 4 nitrogen and oxygen atoms in total. The molecule has 0 atom stereocenters. The number of amides is 1. The van der Waals surface area contributed by atoms with Gasteiger partial charge < -0.3 is 4.74 Å². The van der Waals surface area contributed by atoms with Crippen LogP contribution in [0, 0.1) is 6.92 Å². The third kappa shape index (κ3) is 5.95. The molecule has 0 aliphatic carbocycles. The molecular formula is C22H22Cl2N2O2S. The Morgan fingerprint density at radius 3 is 2.69 bits per heavy atom. The van der Waals surface area contributed by atoms with E-state index in [0.717, 1.165) is 27.3 Å². The van der Waals surface area contributed by atoms with E-state index < -0.39 is 0 Å². The highest BCUT2D eigenvalue weighted by molar-refractivity contribution is 7.15. The third-order valence-electron chi connectivity index (χ3n) is 4.31. The van der Waals surface area contributed by atoms with E-state index in [1.54, 1.807) is 12.3 Å². The van der Waals surface area contributed by atoms with Gasteiger partial charge >= 0.3 is 0 Å². The minimum atomic E-state index is -0.239. The normalized spacial score (nSPS) is 11.0. The average molecular weight is 449 g/mol. The standard InChI is InChI=1S/C22H22Cl2N2O2S/c1-13(2)17-6-4-14(3)8-20(17)28-12-21(27)26-22-25-11-16(29-22)9-15-5-7-18(23)19(24)10-15/h4-8,10-11,13H,9,12H2,1-3H3,(H,25,26,27). The maximum Gasteiger partial charge on any atom is 0.264 e. The van der Waals surface area contributed by atoms with Gasteiger partial charge in [0.1, 0.15) is 5.75 Å². The third-order valence-corrected chi connectivity index (χ3v) is 5.96. The Morgan fingerprint density at radius 2 is 1.97 bits per heavy atom. The van der Waals surface area contributed by atoms with Crippen molar-refractivity contribution in [3.8, 4) is 5.75 Å². The number of ether oxygens (including phenoxy) is 1. The first-order valence-electron chi connectivity index (χ1n) is 9.23. The lowest BCUT2D eigenvalue weighted by molar-refractivity contribution is -0.118. The molecule has 1 amide bonds. The summed E-state index contributed by atoms with van der Waals surface area (Å²) < 4.78 is 5.78. The van der Waals surface area contributed by atoms with Crippen LogP contribution in [0.25, 0.3) is 0 Å². The highest BCUT2D eigenvalue weighted by Crippen LogP contribution is 2.28. The minimum Gasteiger partial charge on any atom is -0.483 e. The van der Waals surface area contributed by atoms with Crippen molar-refractivity contribution in [1.29, 1.82) is 0 Å². The molecule has 0 aliphatic rings. The van der Waals surface area contributed by atoms with Crippen LogP contribution in [0.3, 0.4) is 0 Å². The smallest absolute Gasteiger partial charge is 0.264 e. The van der Waals surface area contributed by atoms with Gasteiger partial charge in [0.2, 0.25) is 0 Å². The molecule has 3 rings (SSSR count). The molecule has 152 valence electrons. The zero-order valence-electron chi connectivity index (χ0n) is 16.5. The molecule has 0 bridgehead atoms. The molecule has 0 spiro atoms. The number of aryl methyl sites for hydroxylation is 1. The van der Waals surface area contributed by atoms with Crippen molar-refractivity contribution >= 4 is 45.6 Å². The number of carbonyl (C=O) groups is 1. The minimum absolute atomic E-state index is 0.0646. The Balaban J connectivity index is 1.58. The Labute approximate surface area is 184 Å². The summed E-state index contributed by atoms with van der Waals surface area (Å²) in [6.45, 7) is 6.14. The number of nitrogens with zero attached hydrogens (tertiary/aromatic N) is 1. The second kappa shape index (κ2) is 9.61. The molecule has 0 saturated heterocycles. The van der Waals surface area contributed by atoms with Gasteiger partial charge in [-0.3, -0.25) is 10.1 Å². The summed E-state index contributed by atoms with van der Waals surface area (Å²) in [5, 5.41) is 4.40. The maximum atomic E-state index is 12.3. The van der Waals surface area contributed by atoms with E-state index in [-0.39, 0.29) is 12.5 Å². The number of hydrogen-bond acceptors (Lipinski definition) is 4. The molecular weight excluding hydrogens is 427 g/mol. The first kappa shape index (κ1) is 21.6. The van der Waals surface area contributed by atoms with Gasteiger partial charge in [-0.1, -0.05) is 55.2 Å². The summed E-state index contributed by atoms with van der Waals surface area (Å²) >= 11 is 13.4. The van der Waals surface area contributed by atoms with Crippen LogP contribution in [0.1, 0.15) is 41.3 Å². The van der Waals surface area contributed by atoms with E-state index in [0.29, 0.717) is 27.5 Å². The summed E-state index contributed by atoms with van der Waals surface area (Å²) in [4.78, 5) is 17.6. The van der Waals surface area contributed by atoms with Gasteiger partial charge in [0.15, 0.2) is 11.7 Å². The molecule has 0 fully saturated rings. The van der Waals surface area contributed by atoms with E-state index in [1.807, 2.05) is 37.3 Å². The predicted octanol–water partition coefficient (Wildman–Crippen LogP) is 6.49. The van der Waals surface area contributed by atoms with Crippen molar-refractivity contribution in [2.75, 3.05) is 11.9 Å². The molecule has 29 heavy (non-hydrogen) atoms. The molecule has 0 unspecified atom stereocenters. The number of rotatable bonds is 7. The number of thiazole rings is 1. The number of carbonyl (C=O) groups excluding carboxylic acids is 1. The van der Waals surface area contributed by atoms with Crippen LogP contribution in [0.5, 0.6) is 5.75 Å². The number of nitrogens with one attached hydrogen (secondary N) is 1. The van der Waals surface area contributed by atoms with Crippen molar-refractivity contribution in [2.45, 2.75) is 33.1 Å². The second-order valence-corrected chi connectivity index (χ2v) is 9.02. The fourth-order valence-electron chi connectivity index (χ4n) is 2.84. The summed E-state index contributed by atoms with van der Waals surface area (Å²) in [5.41, 5.74) is 3.21. The van der Waals surface area contributed by atoms with Gasteiger partial charge in [-0.2, -0.15) is 0 Å². The van der Waals surface area contributed by atoms with Crippen LogP contribution in [-0.2, 0) is 11.2 Å². The van der Waals surface area contributed by atoms with E-state index in [9.17, 15) is 4.79 Å². The quantitative estimate of drug-likeness (QED) is 0.449. The average Bonchev–Trinajstić information content (AvgIpc) is 3.09. The predicted molar refractivity (Wildman–Crippen MR) is 121 cm³/mol. The van der Waals surface area contributed by atoms with Crippen LogP contribution >= 0.6 is 34.5 Å². The number of aromatic nitrogens is 1. The van der Waals surface area contributed by atoms with Gasteiger partial charge in [0.05, 0.1) is 10.0 Å². The lowest BCUT2D eigenvalue weighted by atomic mass is 10.0. The Kier molecular flexibility index (Phi) is 7.17. The summed E-state index contributed by atoms with van der Waals surface area (Å²) in [6.07, 6.45) is 2.42. The molecule has 2 aromatic carbocycles. The molecule has 0 radical (unpaired) electrons. The molecule has 1 aromatic heterocycles. The molecule has 0 saturated carbocycles. The zero-order valence-corrected chi connectivity index (χ0v) is 18.8. The van der Waals surface area contributed by atoms with Crippen LogP contribution in [0.15, 0.2) is 42.6 Å². The first-order chi connectivity index (χ1) is 13.8. The summed E-state index contributed by atoms with van der Waals surface area (Å²) in [6, 6.07) is 11.6.